The molecule has 4 aromatic rings. The predicted molar refractivity (Wildman–Crippen MR) is 120 cm³/mol. The van der Waals surface area contributed by atoms with E-state index in [1.54, 1.807) is 30.6 Å². The highest BCUT2D eigenvalue weighted by Crippen LogP contribution is 2.21. The van der Waals surface area contributed by atoms with Crippen LogP contribution in [0.25, 0.3) is 22.4 Å². The zero-order chi connectivity index (χ0) is 22.9. The van der Waals surface area contributed by atoms with Crippen molar-refractivity contribution in [2.75, 3.05) is 0 Å². The number of halogens is 1. The van der Waals surface area contributed by atoms with Crippen LogP contribution in [0.4, 0.5) is 4.79 Å². The second-order valence-corrected chi connectivity index (χ2v) is 8.27. The van der Waals surface area contributed by atoms with Crippen molar-refractivity contribution in [2.45, 2.75) is 33.3 Å². The Bertz CT molecular complexity index is 1400. The molecule has 0 aliphatic rings. The van der Waals surface area contributed by atoms with Crippen molar-refractivity contribution in [3.05, 3.63) is 65.0 Å². The van der Waals surface area contributed by atoms with Crippen LogP contribution >= 0.6 is 11.6 Å². The van der Waals surface area contributed by atoms with E-state index in [1.165, 1.54) is 4.68 Å². The first-order valence-electron chi connectivity index (χ1n) is 9.76. The van der Waals surface area contributed by atoms with Gasteiger partial charge in [0, 0.05) is 23.3 Å². The molecule has 0 saturated heterocycles. The number of fused-ring (bicyclic) bond motifs is 1. The van der Waals surface area contributed by atoms with Crippen LogP contribution in [-0.4, -0.2) is 41.4 Å². The van der Waals surface area contributed by atoms with Gasteiger partial charge in [0.15, 0.2) is 5.82 Å². The molecule has 0 fully saturated rings. The van der Waals surface area contributed by atoms with Crippen molar-refractivity contribution in [1.29, 1.82) is 0 Å². The van der Waals surface area contributed by atoms with E-state index in [0.29, 0.717) is 28.4 Å². The van der Waals surface area contributed by atoms with E-state index in [4.69, 9.17) is 16.3 Å². The van der Waals surface area contributed by atoms with Crippen LogP contribution in [0.3, 0.4) is 0 Å². The molecule has 0 atom stereocenters. The minimum absolute atomic E-state index is 0.123. The van der Waals surface area contributed by atoms with Gasteiger partial charge in [-0.1, -0.05) is 5.92 Å². The molecule has 0 radical (unpaired) electrons. The van der Waals surface area contributed by atoms with Gasteiger partial charge in [-0.3, -0.25) is 0 Å². The molecule has 4 rings (SSSR count). The lowest BCUT2D eigenvalue weighted by molar-refractivity contribution is 0.0522. The van der Waals surface area contributed by atoms with Gasteiger partial charge in [-0.2, -0.15) is 9.78 Å². The molecule has 0 unspecified atom stereocenters. The summed E-state index contributed by atoms with van der Waals surface area (Å²) in [6, 6.07) is 8.90. The maximum Gasteiger partial charge on any atom is 0.435 e. The Morgan fingerprint density at radius 2 is 1.84 bits per heavy atom. The van der Waals surface area contributed by atoms with Crippen molar-refractivity contribution in [3.63, 3.8) is 0 Å². The van der Waals surface area contributed by atoms with Crippen molar-refractivity contribution in [1.82, 2.24) is 29.7 Å². The molecule has 160 valence electrons. The molecule has 0 bridgehead atoms. The molecule has 0 amide bonds. The summed E-state index contributed by atoms with van der Waals surface area (Å²) in [6.07, 6.45) is 2.63. The summed E-state index contributed by atoms with van der Waals surface area (Å²) in [5, 5.41) is 5.28. The Morgan fingerprint density at radius 3 is 2.59 bits per heavy atom. The zero-order valence-electron chi connectivity index (χ0n) is 17.9. The Balaban J connectivity index is 1.64. The van der Waals surface area contributed by atoms with Crippen LogP contribution in [-0.2, 0) is 4.74 Å². The van der Waals surface area contributed by atoms with E-state index in [9.17, 15) is 4.79 Å². The highest BCUT2D eigenvalue weighted by molar-refractivity contribution is 6.28. The number of nitrogens with zero attached hydrogens (tertiary/aromatic N) is 6. The van der Waals surface area contributed by atoms with Gasteiger partial charge in [-0.15, -0.1) is 0 Å². The third-order valence-electron chi connectivity index (χ3n) is 4.28. The Morgan fingerprint density at radius 1 is 1.06 bits per heavy atom. The van der Waals surface area contributed by atoms with Crippen LogP contribution in [0.2, 0.25) is 5.28 Å². The average Bonchev–Trinajstić information content (AvgIpc) is 3.07. The predicted octanol–water partition coefficient (Wildman–Crippen LogP) is 4.43. The summed E-state index contributed by atoms with van der Waals surface area (Å²) in [5.74, 6) is 6.54. The van der Waals surface area contributed by atoms with Gasteiger partial charge >= 0.3 is 6.09 Å². The van der Waals surface area contributed by atoms with E-state index in [-0.39, 0.29) is 5.28 Å². The van der Waals surface area contributed by atoms with Gasteiger partial charge in [0.25, 0.3) is 0 Å². The highest BCUT2D eigenvalue weighted by atomic mass is 35.5. The maximum atomic E-state index is 12.5. The SMILES string of the molecule is Cc1nn(C(=O)OC(C)(C)C)c2ccc(C#Cc3ccnc(-c4ccnc(Cl)n4)n3)cc12. The van der Waals surface area contributed by atoms with Crippen molar-refractivity contribution in [3.8, 4) is 23.4 Å². The fourth-order valence-electron chi connectivity index (χ4n) is 2.94. The molecule has 3 heterocycles. The lowest BCUT2D eigenvalue weighted by Gasteiger charge is -2.19. The quantitative estimate of drug-likeness (QED) is 0.315. The number of aryl methyl sites for hydroxylation is 1. The van der Waals surface area contributed by atoms with Crippen LogP contribution in [0.5, 0.6) is 0 Å². The first kappa shape index (κ1) is 21.4. The highest BCUT2D eigenvalue weighted by Gasteiger charge is 2.21. The van der Waals surface area contributed by atoms with E-state index in [0.717, 1.165) is 10.9 Å². The molecule has 0 aliphatic carbocycles. The van der Waals surface area contributed by atoms with Crippen molar-refractivity contribution < 1.29 is 9.53 Å². The molecule has 9 heteroatoms. The van der Waals surface area contributed by atoms with Crippen molar-refractivity contribution >= 4 is 28.6 Å². The number of ether oxygens (including phenoxy) is 1. The third-order valence-corrected chi connectivity index (χ3v) is 4.46. The summed E-state index contributed by atoms with van der Waals surface area (Å²) in [4.78, 5) is 29.1. The number of hydrogen-bond acceptors (Lipinski definition) is 7. The smallest absolute Gasteiger partial charge is 0.435 e. The van der Waals surface area contributed by atoms with Crippen LogP contribution in [0.1, 0.15) is 37.7 Å². The first-order valence-corrected chi connectivity index (χ1v) is 10.1. The first-order chi connectivity index (χ1) is 15.2. The fraction of sp³-hybridized carbons (Fsp3) is 0.217. The lowest BCUT2D eigenvalue weighted by atomic mass is 10.1. The molecular formula is C23H19ClN6O2. The summed E-state index contributed by atoms with van der Waals surface area (Å²) < 4.78 is 6.71. The Hall–Kier alpha value is -3.83. The normalized spacial score (nSPS) is 11.2. The largest absolute Gasteiger partial charge is 0.442 e. The molecule has 8 nitrogen and oxygen atoms in total. The summed E-state index contributed by atoms with van der Waals surface area (Å²) in [5.41, 5.74) is 2.56. The molecule has 3 aromatic heterocycles. The second kappa shape index (κ2) is 8.36. The molecule has 1 aromatic carbocycles. The standard InChI is InChI=1S/C23H19ClN6O2/c1-14-17-13-15(6-8-19(17)30(29-14)22(31)32-23(2,3)4)5-7-16-9-11-25-20(27-16)18-10-12-26-21(24)28-18/h6,8-13H,1-4H3. The monoisotopic (exact) mass is 446 g/mol. The van der Waals surface area contributed by atoms with Gasteiger partial charge in [0.2, 0.25) is 5.28 Å². The molecular weight excluding hydrogens is 428 g/mol. The lowest BCUT2D eigenvalue weighted by Crippen LogP contribution is -2.27. The van der Waals surface area contributed by atoms with E-state index in [1.807, 2.05) is 39.8 Å². The van der Waals surface area contributed by atoms with Gasteiger partial charge in [0.1, 0.15) is 17.0 Å². The van der Waals surface area contributed by atoms with Crippen LogP contribution in [0, 0.1) is 18.8 Å². The molecule has 0 saturated carbocycles. The molecule has 0 aliphatic heterocycles. The summed E-state index contributed by atoms with van der Waals surface area (Å²) in [6.45, 7) is 7.28. The number of rotatable bonds is 1. The minimum Gasteiger partial charge on any atom is -0.442 e. The average molecular weight is 447 g/mol. The van der Waals surface area contributed by atoms with Crippen LogP contribution < -0.4 is 0 Å². The second-order valence-electron chi connectivity index (χ2n) is 7.94. The van der Waals surface area contributed by atoms with E-state index < -0.39 is 11.7 Å². The van der Waals surface area contributed by atoms with E-state index >= 15 is 0 Å². The molecule has 32 heavy (non-hydrogen) atoms. The van der Waals surface area contributed by atoms with Gasteiger partial charge in [0.05, 0.1) is 11.2 Å². The number of aromatic nitrogens is 6. The Labute approximate surface area is 189 Å². The molecule has 0 N–H and O–H groups in total. The Kier molecular flexibility index (Phi) is 5.59. The van der Waals surface area contributed by atoms with Crippen molar-refractivity contribution in [2.24, 2.45) is 0 Å². The summed E-state index contributed by atoms with van der Waals surface area (Å²) in [7, 11) is 0. The number of benzene rings is 1. The van der Waals surface area contributed by atoms with Gasteiger partial charge < -0.3 is 4.74 Å². The maximum absolute atomic E-state index is 12.5. The summed E-state index contributed by atoms with van der Waals surface area (Å²) >= 11 is 5.85. The topological polar surface area (TPSA) is 95.7 Å². The number of carbonyl (C=O) groups excluding carboxylic acids is 1. The van der Waals surface area contributed by atoms with E-state index in [2.05, 4.69) is 36.9 Å². The zero-order valence-corrected chi connectivity index (χ0v) is 18.7. The fourth-order valence-corrected chi connectivity index (χ4v) is 3.09. The minimum atomic E-state index is -0.609. The van der Waals surface area contributed by atoms with Gasteiger partial charge in [-0.25, -0.2) is 24.7 Å². The third kappa shape index (κ3) is 4.74. The van der Waals surface area contributed by atoms with Crippen LogP contribution in [0.15, 0.2) is 42.7 Å². The number of carbonyl (C=O) groups is 1. The van der Waals surface area contributed by atoms with Gasteiger partial charge in [-0.05, 0) is 75.5 Å². The number of hydrogen-bond donors (Lipinski definition) is 0. The molecule has 0 spiro atoms.